The standard InChI is InChI=1S/C48H84O15/c1-3-5-7-9-11-13-15-17-19-20-22-24-26-28-30-39(50)58-33-36(61-40(51)31-29-27-25-23-21-18-16-14-12-10-8-6-4-2)34-59-47-46(57)44(55)42(53)38(63-47)35-60-48-45(56)43(54)41(52)37(32-49)62-48/h9,11,14-17,36-38,41-49,52-57H,3-8,10,12-13,18-35H2,1-2H3/b11-9+,16-14+,17-15+/t36-,37-,38-,41+,42+,43?,44?,45?,46?,47-,48-/m1/s1. The summed E-state index contributed by atoms with van der Waals surface area (Å²) in [7, 11) is 0. The third-order valence-electron chi connectivity index (χ3n) is 11.3. The zero-order valence-corrected chi connectivity index (χ0v) is 38.3. The van der Waals surface area contributed by atoms with Crippen molar-refractivity contribution < 1.29 is 73.8 Å². The van der Waals surface area contributed by atoms with E-state index in [0.29, 0.717) is 12.8 Å². The number of ether oxygens (including phenoxy) is 6. The second-order valence-corrected chi connectivity index (χ2v) is 16.9. The highest BCUT2D eigenvalue weighted by molar-refractivity contribution is 5.70. The lowest BCUT2D eigenvalue weighted by Crippen LogP contribution is -2.61. The molecule has 0 aliphatic carbocycles. The van der Waals surface area contributed by atoms with E-state index in [1.165, 1.54) is 38.5 Å². The van der Waals surface area contributed by atoms with Crippen molar-refractivity contribution in [3.05, 3.63) is 36.5 Å². The zero-order valence-electron chi connectivity index (χ0n) is 38.3. The number of aliphatic hydroxyl groups is 7. The first-order valence-electron chi connectivity index (χ1n) is 24.1. The first kappa shape index (κ1) is 56.8. The van der Waals surface area contributed by atoms with Gasteiger partial charge >= 0.3 is 11.9 Å². The van der Waals surface area contributed by atoms with Crippen molar-refractivity contribution in [3.63, 3.8) is 0 Å². The molecule has 15 heteroatoms. The molecule has 15 nitrogen and oxygen atoms in total. The minimum Gasteiger partial charge on any atom is -0.462 e. The maximum absolute atomic E-state index is 12.9. The van der Waals surface area contributed by atoms with E-state index < -0.39 is 92.7 Å². The Morgan fingerprint density at radius 2 is 0.968 bits per heavy atom. The van der Waals surface area contributed by atoms with Crippen molar-refractivity contribution in [3.8, 4) is 0 Å². The van der Waals surface area contributed by atoms with E-state index in [9.17, 15) is 45.3 Å². The summed E-state index contributed by atoms with van der Waals surface area (Å²) in [6, 6.07) is 0. The van der Waals surface area contributed by atoms with Crippen LogP contribution < -0.4 is 0 Å². The molecule has 0 saturated carbocycles. The molecule has 0 amide bonds. The van der Waals surface area contributed by atoms with Gasteiger partial charge in [0.2, 0.25) is 0 Å². The summed E-state index contributed by atoms with van der Waals surface area (Å²) in [5.41, 5.74) is 0. The van der Waals surface area contributed by atoms with Gasteiger partial charge in [-0.15, -0.1) is 0 Å². The lowest BCUT2D eigenvalue weighted by Gasteiger charge is -2.42. The van der Waals surface area contributed by atoms with Gasteiger partial charge in [0.25, 0.3) is 0 Å². The van der Waals surface area contributed by atoms with Crippen LogP contribution in [-0.2, 0) is 38.0 Å². The first-order chi connectivity index (χ1) is 30.5. The lowest BCUT2D eigenvalue weighted by atomic mass is 9.98. The fourth-order valence-electron chi connectivity index (χ4n) is 7.29. The van der Waals surface area contributed by atoms with Gasteiger partial charge in [-0.1, -0.05) is 121 Å². The molecule has 0 aromatic carbocycles. The highest BCUT2D eigenvalue weighted by atomic mass is 16.7. The van der Waals surface area contributed by atoms with Crippen LogP contribution in [0, 0.1) is 0 Å². The van der Waals surface area contributed by atoms with Gasteiger partial charge in [0.15, 0.2) is 18.7 Å². The Labute approximate surface area is 376 Å². The SMILES string of the molecule is CCCC/C=C/C/C=C/CCCCCCCC(=O)OC[C@H](CO[C@@H]1O[C@H](CO[C@@H]2O[C@H](CO)[C@H](O)C(O)C2O)[C@H](O)C(O)C1O)OC(=O)CCCCCCC/C=C/CCCCCC. The molecule has 2 fully saturated rings. The van der Waals surface area contributed by atoms with Crippen LogP contribution in [0.4, 0.5) is 0 Å². The number of rotatable bonds is 36. The fraction of sp³-hybridized carbons (Fsp3) is 0.833. The van der Waals surface area contributed by atoms with Gasteiger partial charge in [-0.25, -0.2) is 0 Å². The van der Waals surface area contributed by atoms with Gasteiger partial charge in [-0.2, -0.15) is 0 Å². The molecule has 2 heterocycles. The van der Waals surface area contributed by atoms with Gasteiger partial charge in [-0.05, 0) is 64.2 Å². The topological polar surface area (TPSA) is 231 Å². The molecule has 0 bridgehead atoms. The minimum atomic E-state index is -1.77. The number of carbonyl (C=O) groups excluding carboxylic acids is 2. The molecular weight excluding hydrogens is 817 g/mol. The van der Waals surface area contributed by atoms with Crippen LogP contribution >= 0.6 is 0 Å². The smallest absolute Gasteiger partial charge is 0.306 e. The predicted molar refractivity (Wildman–Crippen MR) is 238 cm³/mol. The van der Waals surface area contributed by atoms with Crippen LogP contribution in [0.15, 0.2) is 36.5 Å². The van der Waals surface area contributed by atoms with E-state index in [-0.39, 0.29) is 26.1 Å². The maximum atomic E-state index is 12.9. The summed E-state index contributed by atoms with van der Waals surface area (Å²) >= 11 is 0. The first-order valence-corrected chi connectivity index (χ1v) is 24.1. The molecule has 0 aromatic heterocycles. The van der Waals surface area contributed by atoms with E-state index in [0.717, 1.165) is 83.5 Å². The van der Waals surface area contributed by atoms with Crippen molar-refractivity contribution in [1.82, 2.24) is 0 Å². The van der Waals surface area contributed by atoms with Crippen molar-refractivity contribution in [1.29, 1.82) is 0 Å². The third kappa shape index (κ3) is 24.7. The molecule has 4 unspecified atom stereocenters. The van der Waals surface area contributed by atoms with Gasteiger partial charge in [-0.3, -0.25) is 9.59 Å². The fourth-order valence-corrected chi connectivity index (χ4v) is 7.29. The van der Waals surface area contributed by atoms with Crippen LogP contribution in [0.1, 0.15) is 162 Å². The Balaban J connectivity index is 1.85. The monoisotopic (exact) mass is 901 g/mol. The number of hydrogen-bond acceptors (Lipinski definition) is 15. The molecule has 2 saturated heterocycles. The molecule has 366 valence electrons. The average Bonchev–Trinajstić information content (AvgIpc) is 3.28. The second kappa shape index (κ2) is 35.9. The number of hydrogen-bond donors (Lipinski definition) is 7. The Bertz CT molecular complexity index is 1240. The van der Waals surface area contributed by atoms with Crippen LogP contribution in [0.2, 0.25) is 0 Å². The van der Waals surface area contributed by atoms with Crippen LogP contribution in [-0.4, -0.2) is 142 Å². The van der Waals surface area contributed by atoms with Crippen molar-refractivity contribution >= 4 is 11.9 Å². The number of carbonyl (C=O) groups is 2. The molecule has 63 heavy (non-hydrogen) atoms. The van der Waals surface area contributed by atoms with Gasteiger partial charge in [0.05, 0.1) is 19.8 Å². The van der Waals surface area contributed by atoms with Crippen LogP contribution in [0.3, 0.4) is 0 Å². The van der Waals surface area contributed by atoms with E-state index in [1.54, 1.807) is 0 Å². The van der Waals surface area contributed by atoms with E-state index >= 15 is 0 Å². The van der Waals surface area contributed by atoms with Gasteiger partial charge in [0.1, 0.15) is 55.4 Å². The number of aliphatic hydroxyl groups excluding tert-OH is 7. The van der Waals surface area contributed by atoms with Crippen molar-refractivity contribution in [2.75, 3.05) is 26.4 Å². The second-order valence-electron chi connectivity index (χ2n) is 16.9. The summed E-state index contributed by atoms with van der Waals surface area (Å²) in [4.78, 5) is 25.7. The Hall–Kier alpha value is -2.28. The Morgan fingerprint density at radius 3 is 1.54 bits per heavy atom. The normalized spacial score (nSPS) is 27.1. The molecular formula is C48H84O15. The maximum Gasteiger partial charge on any atom is 0.306 e. The van der Waals surface area contributed by atoms with Crippen molar-refractivity contribution in [2.45, 2.75) is 229 Å². The molecule has 2 rings (SSSR count). The lowest BCUT2D eigenvalue weighted by molar-refractivity contribution is -0.332. The zero-order chi connectivity index (χ0) is 46.1. The summed E-state index contributed by atoms with van der Waals surface area (Å²) < 4.78 is 33.5. The number of esters is 2. The molecule has 0 radical (unpaired) electrons. The molecule has 7 N–H and O–H groups in total. The quantitative estimate of drug-likeness (QED) is 0.0225. The van der Waals surface area contributed by atoms with Crippen molar-refractivity contribution in [2.24, 2.45) is 0 Å². The molecule has 11 atom stereocenters. The highest BCUT2D eigenvalue weighted by Gasteiger charge is 2.47. The molecule has 2 aliphatic rings. The molecule has 0 aromatic rings. The number of unbranched alkanes of at least 4 members (excludes halogenated alkanes) is 16. The highest BCUT2D eigenvalue weighted by Crippen LogP contribution is 2.26. The summed E-state index contributed by atoms with van der Waals surface area (Å²) in [6.45, 7) is 2.49. The number of allylic oxidation sites excluding steroid dienone is 6. The van der Waals surface area contributed by atoms with Crippen LogP contribution in [0.5, 0.6) is 0 Å². The summed E-state index contributed by atoms with van der Waals surface area (Å²) in [5, 5.41) is 71.9. The Kier molecular flexibility index (Phi) is 32.4. The van der Waals surface area contributed by atoms with E-state index in [4.69, 9.17) is 28.4 Å². The van der Waals surface area contributed by atoms with Gasteiger partial charge in [0, 0.05) is 12.8 Å². The minimum absolute atomic E-state index is 0.152. The largest absolute Gasteiger partial charge is 0.462 e. The summed E-state index contributed by atoms with van der Waals surface area (Å²) in [6.07, 6.45) is 18.9. The third-order valence-corrected chi connectivity index (χ3v) is 11.3. The van der Waals surface area contributed by atoms with Crippen LogP contribution in [0.25, 0.3) is 0 Å². The Morgan fingerprint density at radius 1 is 0.508 bits per heavy atom. The average molecular weight is 901 g/mol. The molecule has 2 aliphatic heterocycles. The summed E-state index contributed by atoms with van der Waals surface area (Å²) in [5.74, 6) is -0.953. The van der Waals surface area contributed by atoms with E-state index in [2.05, 4.69) is 50.3 Å². The van der Waals surface area contributed by atoms with E-state index in [1.807, 2.05) is 0 Å². The van der Waals surface area contributed by atoms with Gasteiger partial charge < -0.3 is 64.2 Å². The predicted octanol–water partition coefficient (Wildman–Crippen LogP) is 5.76. The molecule has 0 spiro atoms.